The fourth-order valence-corrected chi connectivity index (χ4v) is 4.75. The van der Waals surface area contributed by atoms with E-state index in [2.05, 4.69) is 15.9 Å². The quantitative estimate of drug-likeness (QED) is 0.825. The van der Waals surface area contributed by atoms with Gasteiger partial charge in [-0.3, -0.25) is 0 Å². The van der Waals surface area contributed by atoms with Gasteiger partial charge in [0.05, 0.1) is 16.5 Å². The van der Waals surface area contributed by atoms with E-state index in [0.29, 0.717) is 15.1 Å². The fourth-order valence-electron chi connectivity index (χ4n) is 2.61. The first-order valence-electron chi connectivity index (χ1n) is 6.78. The Morgan fingerprint density at radius 1 is 1.25 bits per heavy atom. The third kappa shape index (κ3) is 3.18. The van der Waals surface area contributed by atoms with Gasteiger partial charge in [0.1, 0.15) is 5.75 Å². The Kier molecular flexibility index (Phi) is 5.09. The maximum absolute atomic E-state index is 12.6. The molecule has 0 aliphatic heterocycles. The molecule has 0 radical (unpaired) electrons. The lowest BCUT2D eigenvalue weighted by molar-refractivity contribution is 0.286. The molecule has 1 aromatic rings. The first-order chi connectivity index (χ1) is 9.46. The van der Waals surface area contributed by atoms with E-state index in [1.807, 2.05) is 0 Å². The van der Waals surface area contributed by atoms with Crippen molar-refractivity contribution in [2.45, 2.75) is 43.0 Å². The van der Waals surface area contributed by atoms with Crippen molar-refractivity contribution in [1.82, 2.24) is 4.31 Å². The maximum atomic E-state index is 12.6. The average molecular weight is 362 g/mol. The van der Waals surface area contributed by atoms with Crippen LogP contribution in [0.4, 0.5) is 0 Å². The number of nitrogens with zero attached hydrogens (tertiary/aromatic N) is 1. The summed E-state index contributed by atoms with van der Waals surface area (Å²) in [7, 11) is -0.196. The van der Waals surface area contributed by atoms with Crippen LogP contribution in [0.2, 0.25) is 0 Å². The number of hydrogen-bond acceptors (Lipinski definition) is 3. The van der Waals surface area contributed by atoms with Crippen LogP contribution in [0.1, 0.15) is 32.1 Å². The van der Waals surface area contributed by atoms with Gasteiger partial charge in [0, 0.05) is 13.1 Å². The highest BCUT2D eigenvalue weighted by Crippen LogP contribution is 2.31. The van der Waals surface area contributed by atoms with Crippen LogP contribution in [0.25, 0.3) is 0 Å². The lowest BCUT2D eigenvalue weighted by atomic mass is 9.96. The molecule has 0 unspecified atom stereocenters. The molecule has 1 fully saturated rings. The maximum Gasteiger partial charge on any atom is 0.243 e. The van der Waals surface area contributed by atoms with Gasteiger partial charge in [-0.15, -0.1) is 0 Å². The summed E-state index contributed by atoms with van der Waals surface area (Å²) in [6.07, 6.45) is 5.33. The molecule has 0 bridgehead atoms. The number of benzene rings is 1. The van der Waals surface area contributed by atoms with E-state index in [9.17, 15) is 8.42 Å². The third-order valence-corrected chi connectivity index (χ3v) is 6.41. The second-order valence-electron chi connectivity index (χ2n) is 5.11. The molecular weight excluding hydrogens is 342 g/mol. The van der Waals surface area contributed by atoms with E-state index in [1.54, 1.807) is 32.4 Å². The van der Waals surface area contributed by atoms with Gasteiger partial charge in [-0.1, -0.05) is 19.3 Å². The van der Waals surface area contributed by atoms with Gasteiger partial charge in [-0.05, 0) is 47.0 Å². The Hall–Kier alpha value is -0.590. The van der Waals surface area contributed by atoms with Gasteiger partial charge >= 0.3 is 0 Å². The molecule has 1 aliphatic carbocycles. The summed E-state index contributed by atoms with van der Waals surface area (Å²) in [6.45, 7) is 0. The van der Waals surface area contributed by atoms with Crippen LogP contribution < -0.4 is 4.74 Å². The predicted molar refractivity (Wildman–Crippen MR) is 82.5 cm³/mol. The molecule has 4 nitrogen and oxygen atoms in total. The lowest BCUT2D eigenvalue weighted by Crippen LogP contribution is -2.38. The van der Waals surface area contributed by atoms with E-state index in [0.717, 1.165) is 25.7 Å². The highest BCUT2D eigenvalue weighted by molar-refractivity contribution is 9.10. The summed E-state index contributed by atoms with van der Waals surface area (Å²) >= 11 is 3.34. The molecule has 0 heterocycles. The van der Waals surface area contributed by atoms with E-state index < -0.39 is 10.0 Å². The number of halogens is 1. The molecule has 1 aromatic carbocycles. The summed E-state index contributed by atoms with van der Waals surface area (Å²) in [5, 5.41) is 0. The molecule has 0 atom stereocenters. The number of rotatable bonds is 4. The Labute approximate surface area is 129 Å². The highest BCUT2D eigenvalue weighted by atomic mass is 79.9. The van der Waals surface area contributed by atoms with Crippen LogP contribution in [-0.2, 0) is 10.0 Å². The van der Waals surface area contributed by atoms with Crippen molar-refractivity contribution in [3.05, 3.63) is 22.7 Å². The van der Waals surface area contributed by atoms with Crippen LogP contribution >= 0.6 is 15.9 Å². The minimum Gasteiger partial charge on any atom is -0.496 e. The van der Waals surface area contributed by atoms with Crippen molar-refractivity contribution >= 4 is 26.0 Å². The Morgan fingerprint density at radius 2 is 1.90 bits per heavy atom. The zero-order chi connectivity index (χ0) is 14.8. The Bertz CT molecular complexity index is 568. The fraction of sp³-hybridized carbons (Fsp3) is 0.571. The normalized spacial score (nSPS) is 17.4. The molecule has 0 spiro atoms. The first-order valence-corrected chi connectivity index (χ1v) is 9.01. The summed E-state index contributed by atoms with van der Waals surface area (Å²) in [5.41, 5.74) is 0. The number of ether oxygens (including phenoxy) is 1. The minimum absolute atomic E-state index is 0.120. The molecule has 20 heavy (non-hydrogen) atoms. The zero-order valence-corrected chi connectivity index (χ0v) is 14.2. The summed E-state index contributed by atoms with van der Waals surface area (Å²) in [6, 6.07) is 4.99. The van der Waals surface area contributed by atoms with Crippen molar-refractivity contribution in [2.24, 2.45) is 0 Å². The van der Waals surface area contributed by atoms with Crippen LogP contribution in [0.5, 0.6) is 5.75 Å². The number of hydrogen-bond donors (Lipinski definition) is 0. The monoisotopic (exact) mass is 361 g/mol. The van der Waals surface area contributed by atoms with Crippen LogP contribution in [-0.4, -0.2) is 32.9 Å². The van der Waals surface area contributed by atoms with Crippen molar-refractivity contribution in [3.8, 4) is 5.75 Å². The van der Waals surface area contributed by atoms with Gasteiger partial charge in [0.25, 0.3) is 0 Å². The highest BCUT2D eigenvalue weighted by Gasteiger charge is 2.29. The molecule has 0 aromatic heterocycles. The largest absolute Gasteiger partial charge is 0.496 e. The van der Waals surface area contributed by atoms with Crippen molar-refractivity contribution in [2.75, 3.05) is 14.2 Å². The van der Waals surface area contributed by atoms with Gasteiger partial charge in [0.15, 0.2) is 0 Å². The molecule has 0 saturated heterocycles. The summed E-state index contributed by atoms with van der Waals surface area (Å²) < 4.78 is 32.6. The minimum atomic E-state index is -3.44. The van der Waals surface area contributed by atoms with Crippen LogP contribution in [0, 0.1) is 0 Å². The van der Waals surface area contributed by atoms with Crippen molar-refractivity contribution in [1.29, 1.82) is 0 Å². The second-order valence-corrected chi connectivity index (χ2v) is 7.96. The van der Waals surface area contributed by atoms with E-state index >= 15 is 0 Å². The molecule has 0 N–H and O–H groups in total. The average Bonchev–Trinajstić information content (AvgIpc) is 2.47. The number of sulfonamides is 1. The molecule has 1 aliphatic rings. The van der Waals surface area contributed by atoms with Gasteiger partial charge < -0.3 is 4.74 Å². The van der Waals surface area contributed by atoms with Gasteiger partial charge in [-0.25, -0.2) is 8.42 Å². The Balaban J connectivity index is 2.27. The second kappa shape index (κ2) is 6.45. The predicted octanol–water partition coefficient (Wildman–Crippen LogP) is 3.41. The van der Waals surface area contributed by atoms with E-state index in [1.165, 1.54) is 10.7 Å². The standard InChI is InChI=1S/C14H20BrNO3S/c1-16(11-6-4-3-5-7-11)20(17,18)12-8-9-14(19-2)13(15)10-12/h8-11H,3-7H2,1-2H3. The zero-order valence-electron chi connectivity index (χ0n) is 11.8. The first kappa shape index (κ1) is 15.8. The third-order valence-electron chi connectivity index (χ3n) is 3.89. The molecule has 6 heteroatoms. The molecule has 2 rings (SSSR count). The summed E-state index contributed by atoms with van der Waals surface area (Å²) in [4.78, 5) is 0.304. The Morgan fingerprint density at radius 3 is 2.45 bits per heavy atom. The number of methoxy groups -OCH3 is 1. The molecule has 1 saturated carbocycles. The van der Waals surface area contributed by atoms with Crippen molar-refractivity contribution < 1.29 is 13.2 Å². The van der Waals surface area contributed by atoms with Gasteiger partial charge in [-0.2, -0.15) is 4.31 Å². The molecule has 0 amide bonds. The topological polar surface area (TPSA) is 46.6 Å². The summed E-state index contributed by atoms with van der Waals surface area (Å²) in [5.74, 6) is 0.629. The van der Waals surface area contributed by atoms with Crippen LogP contribution in [0.3, 0.4) is 0 Å². The van der Waals surface area contributed by atoms with Crippen molar-refractivity contribution in [3.63, 3.8) is 0 Å². The molecular formula is C14H20BrNO3S. The molecule has 112 valence electrons. The SMILES string of the molecule is COc1ccc(S(=O)(=O)N(C)C2CCCCC2)cc1Br. The van der Waals surface area contributed by atoms with Crippen LogP contribution in [0.15, 0.2) is 27.6 Å². The lowest BCUT2D eigenvalue weighted by Gasteiger charge is -2.30. The van der Waals surface area contributed by atoms with Gasteiger partial charge in [0.2, 0.25) is 10.0 Å². The van der Waals surface area contributed by atoms with E-state index in [-0.39, 0.29) is 6.04 Å². The smallest absolute Gasteiger partial charge is 0.243 e. The van der Waals surface area contributed by atoms with E-state index in [4.69, 9.17) is 4.74 Å².